The van der Waals surface area contributed by atoms with Gasteiger partial charge in [0.1, 0.15) is 5.75 Å². The Morgan fingerprint density at radius 1 is 1.25 bits per heavy atom. The molecule has 192 valence electrons. The first-order chi connectivity index (χ1) is 17.5. The van der Waals surface area contributed by atoms with Gasteiger partial charge in [-0.3, -0.25) is 9.59 Å². The zero-order chi connectivity index (χ0) is 25.8. The monoisotopic (exact) mass is 508 g/mol. The molecule has 1 fully saturated rings. The van der Waals surface area contributed by atoms with E-state index in [0.717, 1.165) is 38.5 Å². The number of aryl methyl sites for hydroxylation is 1. The Balaban J connectivity index is 1.66. The molecule has 0 spiro atoms. The van der Waals surface area contributed by atoms with Gasteiger partial charge in [0.2, 0.25) is 5.78 Å². The highest BCUT2D eigenvalue weighted by molar-refractivity contribution is 7.96. The summed E-state index contributed by atoms with van der Waals surface area (Å²) in [7, 11) is 1.36. The lowest BCUT2D eigenvalue weighted by Crippen LogP contribution is -2.16. The highest BCUT2D eigenvalue weighted by Gasteiger charge is 2.36. The van der Waals surface area contributed by atoms with Crippen molar-refractivity contribution in [3.05, 3.63) is 70.7 Å². The van der Waals surface area contributed by atoms with E-state index in [0.29, 0.717) is 35.5 Å². The molecule has 3 rings (SSSR count). The average Bonchev–Trinajstić information content (AvgIpc) is 3.54. The van der Waals surface area contributed by atoms with Crippen molar-refractivity contribution < 1.29 is 24.0 Å². The van der Waals surface area contributed by atoms with Crippen LogP contribution in [0.3, 0.4) is 0 Å². The standard InChI is InChI=1S/C30H36O5S/c1-35-29(32)18-8-3-2-7-17-26-25(19-20-27(31)24-15-9-10-16-24)22-28(30(26)33)36(34)21-11-14-23-12-5-4-6-13-23/h4-6,12-13,17,19-20,22,24-25,27,31H,3,8-11,14-16,18,21H2,1H3. The van der Waals surface area contributed by atoms with Crippen LogP contribution in [-0.2, 0) is 31.9 Å². The quantitative estimate of drug-likeness (QED) is 0.116. The highest BCUT2D eigenvalue weighted by atomic mass is 32.2. The van der Waals surface area contributed by atoms with Crippen LogP contribution in [0.4, 0.5) is 0 Å². The number of carbonyl (C=O) groups is 2. The van der Waals surface area contributed by atoms with Crippen LogP contribution in [0.2, 0.25) is 0 Å². The van der Waals surface area contributed by atoms with Crippen LogP contribution in [-0.4, -0.2) is 40.4 Å². The van der Waals surface area contributed by atoms with Crippen molar-refractivity contribution in [2.45, 2.75) is 63.9 Å². The summed E-state index contributed by atoms with van der Waals surface area (Å²) in [5, 5.41) is 10.6. The number of carbonyl (C=O) groups excluding carboxylic acids is 2. The van der Waals surface area contributed by atoms with Crippen LogP contribution < -0.4 is 0 Å². The predicted octanol–water partition coefficient (Wildman–Crippen LogP) is 4.83. The maximum atomic E-state index is 13.2. The molecule has 6 heteroatoms. The fraction of sp³-hybridized carbons (Fsp3) is 0.467. The van der Waals surface area contributed by atoms with Crippen molar-refractivity contribution in [3.8, 4) is 11.8 Å². The molecular weight excluding hydrogens is 472 g/mol. The van der Waals surface area contributed by atoms with Crippen LogP contribution in [0.25, 0.3) is 0 Å². The second-order valence-corrected chi connectivity index (χ2v) is 10.8. The molecule has 0 aromatic heterocycles. The zero-order valence-corrected chi connectivity index (χ0v) is 21.8. The van der Waals surface area contributed by atoms with Crippen LogP contribution >= 0.6 is 0 Å². The van der Waals surface area contributed by atoms with E-state index in [1.54, 1.807) is 18.2 Å². The van der Waals surface area contributed by atoms with E-state index in [4.69, 9.17) is 0 Å². The summed E-state index contributed by atoms with van der Waals surface area (Å²) < 4.78 is 17.7. The van der Waals surface area contributed by atoms with E-state index in [1.165, 1.54) is 12.7 Å². The molecule has 0 amide bonds. The predicted molar refractivity (Wildman–Crippen MR) is 143 cm³/mol. The number of esters is 1. The number of aliphatic hydroxyl groups excluding tert-OH is 1. The summed E-state index contributed by atoms with van der Waals surface area (Å²) in [5.41, 5.74) is 1.67. The minimum Gasteiger partial charge on any atom is -0.611 e. The SMILES string of the molecule is COC(=O)CCCC#CC=C1C(=O)C([S+]([O-])CCCc2ccccc2)=CC1C=CC(O)C1CCCC1. The van der Waals surface area contributed by atoms with Crippen LogP contribution in [0, 0.1) is 23.7 Å². The van der Waals surface area contributed by atoms with Gasteiger partial charge < -0.3 is 14.4 Å². The number of unbranched alkanes of at least 4 members (excludes halogenated alkanes) is 1. The number of ketones is 1. The second kappa shape index (κ2) is 14.8. The smallest absolute Gasteiger partial charge is 0.305 e. The summed E-state index contributed by atoms with van der Waals surface area (Å²) in [4.78, 5) is 24.7. The molecular formula is C30H36O5S. The third-order valence-electron chi connectivity index (χ3n) is 6.70. The Bertz CT molecular complexity index is 1020. The molecule has 0 bridgehead atoms. The van der Waals surface area contributed by atoms with Crippen LogP contribution in [0.1, 0.15) is 56.9 Å². The molecule has 0 aliphatic heterocycles. The van der Waals surface area contributed by atoms with Crippen LogP contribution in [0.5, 0.6) is 0 Å². The van der Waals surface area contributed by atoms with Crippen molar-refractivity contribution in [3.63, 3.8) is 0 Å². The highest BCUT2D eigenvalue weighted by Crippen LogP contribution is 2.33. The maximum Gasteiger partial charge on any atom is 0.305 e. The topological polar surface area (TPSA) is 86.7 Å². The van der Waals surface area contributed by atoms with Gasteiger partial charge in [0.15, 0.2) is 4.91 Å². The van der Waals surface area contributed by atoms with Gasteiger partial charge in [0, 0.05) is 24.3 Å². The summed E-state index contributed by atoms with van der Waals surface area (Å²) in [5.74, 6) is 5.73. The number of ether oxygens (including phenoxy) is 1. The Kier molecular flexibility index (Phi) is 11.5. The summed E-state index contributed by atoms with van der Waals surface area (Å²) >= 11 is -1.40. The summed E-state index contributed by atoms with van der Waals surface area (Å²) in [6, 6.07) is 10.0. The number of benzene rings is 1. The van der Waals surface area contributed by atoms with Crippen molar-refractivity contribution in [2.75, 3.05) is 12.9 Å². The molecule has 3 atom stereocenters. The van der Waals surface area contributed by atoms with E-state index >= 15 is 0 Å². The number of Topliss-reactive ketones (excluding diaryl/α,β-unsaturated/α-hetero) is 1. The number of allylic oxidation sites excluding steroid dienone is 5. The van der Waals surface area contributed by atoms with Gasteiger partial charge in [0.05, 0.1) is 13.2 Å². The fourth-order valence-electron chi connectivity index (χ4n) is 4.60. The van der Waals surface area contributed by atoms with Crippen molar-refractivity contribution in [2.24, 2.45) is 11.8 Å². The largest absolute Gasteiger partial charge is 0.611 e. The second-order valence-electron chi connectivity index (χ2n) is 9.30. The number of aliphatic hydroxyl groups is 1. The van der Waals surface area contributed by atoms with Gasteiger partial charge >= 0.3 is 5.97 Å². The lowest BCUT2D eigenvalue weighted by Gasteiger charge is -2.13. The number of methoxy groups -OCH3 is 1. The summed E-state index contributed by atoms with van der Waals surface area (Å²) in [6.45, 7) is 0. The minimum atomic E-state index is -1.40. The Hall–Kier alpha value is -2.59. The third kappa shape index (κ3) is 8.51. The Labute approximate surface area is 217 Å². The molecule has 0 heterocycles. The van der Waals surface area contributed by atoms with E-state index < -0.39 is 17.3 Å². The molecule has 5 nitrogen and oxygen atoms in total. The van der Waals surface area contributed by atoms with E-state index in [2.05, 4.69) is 16.6 Å². The molecule has 2 aliphatic carbocycles. The van der Waals surface area contributed by atoms with Gasteiger partial charge in [0.25, 0.3) is 0 Å². The molecule has 1 N–H and O–H groups in total. The maximum absolute atomic E-state index is 13.2. The van der Waals surface area contributed by atoms with E-state index in [-0.39, 0.29) is 23.6 Å². The molecule has 1 aromatic carbocycles. The van der Waals surface area contributed by atoms with Gasteiger partial charge in [-0.25, -0.2) is 0 Å². The van der Waals surface area contributed by atoms with Gasteiger partial charge in [-0.05, 0) is 66.9 Å². The Morgan fingerprint density at radius 2 is 2.00 bits per heavy atom. The van der Waals surface area contributed by atoms with E-state index in [9.17, 15) is 19.2 Å². The molecule has 1 saturated carbocycles. The minimum absolute atomic E-state index is 0.234. The van der Waals surface area contributed by atoms with Crippen LogP contribution in [0.15, 0.2) is 65.1 Å². The van der Waals surface area contributed by atoms with Crippen molar-refractivity contribution in [1.29, 1.82) is 0 Å². The number of rotatable bonds is 11. The molecule has 2 aliphatic rings. The summed E-state index contributed by atoms with van der Waals surface area (Å²) in [6.07, 6.45) is 13.7. The van der Waals surface area contributed by atoms with E-state index in [1.807, 2.05) is 36.4 Å². The molecule has 3 unspecified atom stereocenters. The number of hydrogen-bond donors (Lipinski definition) is 1. The zero-order valence-electron chi connectivity index (χ0n) is 21.0. The lowest BCUT2D eigenvalue weighted by atomic mass is 9.96. The molecule has 0 saturated heterocycles. The Morgan fingerprint density at radius 3 is 2.72 bits per heavy atom. The van der Waals surface area contributed by atoms with Crippen molar-refractivity contribution in [1.82, 2.24) is 0 Å². The molecule has 36 heavy (non-hydrogen) atoms. The van der Waals surface area contributed by atoms with Gasteiger partial charge in [-0.15, -0.1) is 0 Å². The molecule has 1 aromatic rings. The fourth-order valence-corrected chi connectivity index (χ4v) is 5.85. The third-order valence-corrected chi connectivity index (χ3v) is 8.17. The normalized spacial score (nSPS) is 20.9. The van der Waals surface area contributed by atoms with Gasteiger partial charge in [-0.1, -0.05) is 67.2 Å². The first-order valence-corrected chi connectivity index (χ1v) is 14.1. The first kappa shape index (κ1) is 28.0. The lowest BCUT2D eigenvalue weighted by molar-refractivity contribution is -0.140. The molecule has 0 radical (unpaired) electrons. The van der Waals surface area contributed by atoms with Crippen molar-refractivity contribution >= 4 is 22.9 Å². The average molecular weight is 509 g/mol. The van der Waals surface area contributed by atoms with Gasteiger partial charge in [-0.2, -0.15) is 0 Å². The first-order valence-electron chi connectivity index (χ1n) is 12.8. The number of hydrogen-bond acceptors (Lipinski definition) is 5.